The Kier molecular flexibility index (Phi) is 7.23. The number of anilines is 1. The summed E-state index contributed by atoms with van der Waals surface area (Å²) in [6, 6.07) is 0. The molecule has 33 heavy (non-hydrogen) atoms. The molecule has 0 amide bonds. The van der Waals surface area contributed by atoms with Crippen LogP contribution in [0.1, 0.15) is 11.9 Å². The number of aliphatic hydroxyl groups is 3. The third-order valence-electron chi connectivity index (χ3n) is 4.06. The van der Waals surface area contributed by atoms with Crippen molar-refractivity contribution in [2.45, 2.75) is 29.6 Å². The van der Waals surface area contributed by atoms with Crippen molar-refractivity contribution in [3.63, 3.8) is 0 Å². The number of phosphoric acid groups is 3. The van der Waals surface area contributed by atoms with Crippen molar-refractivity contribution in [3.8, 4) is 0 Å². The highest BCUT2D eigenvalue weighted by Crippen LogP contribution is 2.66. The highest BCUT2D eigenvalue weighted by atomic mass is 32.1. The molecular formula is C10H18N5O14P3S. The van der Waals surface area contributed by atoms with Gasteiger partial charge in [0, 0.05) is 0 Å². The van der Waals surface area contributed by atoms with Crippen LogP contribution in [0.3, 0.4) is 0 Å². The zero-order valence-electron chi connectivity index (χ0n) is 15.8. The second kappa shape index (κ2) is 8.94. The van der Waals surface area contributed by atoms with Gasteiger partial charge in [-0.2, -0.15) is 8.62 Å². The first kappa shape index (κ1) is 26.7. The average Bonchev–Trinajstić information content (AvgIpc) is 3.12. The number of fused-ring (bicyclic) bond motifs is 1. The van der Waals surface area contributed by atoms with Gasteiger partial charge in [0.2, 0.25) is 0 Å². The van der Waals surface area contributed by atoms with Crippen molar-refractivity contribution < 1.29 is 66.5 Å². The number of hydrogen-bond donors (Lipinski definition) is 10. The van der Waals surface area contributed by atoms with Gasteiger partial charge in [-0.1, -0.05) is 0 Å². The molecule has 1 saturated heterocycles. The number of nitrogens with one attached hydrogen (secondary N) is 1. The van der Waals surface area contributed by atoms with E-state index in [-0.39, 0.29) is 17.5 Å². The lowest BCUT2D eigenvalue weighted by molar-refractivity contribution is -0.0511. The number of phosphoric ester groups is 1. The first-order chi connectivity index (χ1) is 14.9. The Hall–Kier alpha value is -0.920. The van der Waals surface area contributed by atoms with E-state index < -0.39 is 59.7 Å². The summed E-state index contributed by atoms with van der Waals surface area (Å²) in [5.41, 5.74) is 5.44. The van der Waals surface area contributed by atoms with Crippen LogP contribution in [-0.2, 0) is 36.6 Å². The highest BCUT2D eigenvalue weighted by Gasteiger charge is 2.48. The molecule has 0 bridgehead atoms. The minimum atomic E-state index is -5.74. The molecule has 7 atom stereocenters. The van der Waals surface area contributed by atoms with Crippen LogP contribution in [-0.4, -0.2) is 75.3 Å². The summed E-state index contributed by atoms with van der Waals surface area (Å²) in [5, 5.41) is 31.2. The molecule has 10 N–H and O–H groups in total. The minimum absolute atomic E-state index is 0.00946. The molecule has 0 spiro atoms. The number of hydrogen-bond acceptors (Lipinski definition) is 15. The van der Waals surface area contributed by atoms with Crippen LogP contribution < -0.4 is 11.1 Å². The van der Waals surface area contributed by atoms with Gasteiger partial charge < -0.3 is 50.7 Å². The number of aliphatic imine (C=N–C) groups is 1. The lowest BCUT2D eigenvalue weighted by atomic mass is 10.1. The van der Waals surface area contributed by atoms with Crippen LogP contribution in [0.15, 0.2) is 11.3 Å². The van der Waals surface area contributed by atoms with Crippen LogP contribution in [0.5, 0.6) is 0 Å². The normalized spacial score (nSPS) is 33.5. The fraction of sp³-hybridized carbons (Fsp3) is 0.600. The van der Waals surface area contributed by atoms with Crippen LogP contribution in [0, 0.1) is 0 Å². The van der Waals surface area contributed by atoms with Crippen molar-refractivity contribution in [2.24, 2.45) is 10.7 Å². The van der Waals surface area contributed by atoms with E-state index in [9.17, 15) is 33.9 Å². The molecule has 0 radical (unpaired) electrons. The molecule has 0 aromatic carbocycles. The molecule has 2 aliphatic rings. The number of rotatable bonds is 8. The smallest absolute Gasteiger partial charge is 0.387 e. The first-order valence-corrected chi connectivity index (χ1v) is 13.3. The number of nitrogens with zero attached hydrogens (tertiary/aromatic N) is 3. The Morgan fingerprint density at radius 3 is 2.42 bits per heavy atom. The third-order valence-corrected chi connectivity index (χ3v) is 8.18. The zero-order chi connectivity index (χ0) is 25.0. The maximum atomic E-state index is 11.8. The molecule has 3 unspecified atom stereocenters. The third kappa shape index (κ3) is 6.21. The summed E-state index contributed by atoms with van der Waals surface area (Å²) in [7, 11) is -16.8. The van der Waals surface area contributed by atoms with Gasteiger partial charge in [0.1, 0.15) is 29.8 Å². The van der Waals surface area contributed by atoms with E-state index in [4.69, 9.17) is 25.2 Å². The molecule has 0 aliphatic carbocycles. The minimum Gasteiger partial charge on any atom is -0.387 e. The quantitative estimate of drug-likeness (QED) is 0.0906. The number of aliphatic hydroxyl groups excluding tert-OH is 2. The van der Waals surface area contributed by atoms with Crippen LogP contribution >= 0.6 is 36.1 Å². The second-order valence-electron chi connectivity index (χ2n) is 6.54. The van der Waals surface area contributed by atoms with E-state index >= 15 is 0 Å². The topological polar surface area (TPSA) is 298 Å². The molecule has 2 aliphatic heterocycles. The van der Waals surface area contributed by atoms with Gasteiger partial charge in [0.15, 0.2) is 12.2 Å². The van der Waals surface area contributed by atoms with Gasteiger partial charge >= 0.3 is 23.5 Å². The Bertz CT molecular complexity index is 1090. The second-order valence-corrected chi connectivity index (χ2v) is 11.6. The summed E-state index contributed by atoms with van der Waals surface area (Å²) in [6.45, 7) is -1.01. The fourth-order valence-corrected chi connectivity index (χ4v) is 6.16. The van der Waals surface area contributed by atoms with Gasteiger partial charge in [-0.15, -0.1) is 12.6 Å². The van der Waals surface area contributed by atoms with Crippen molar-refractivity contribution in [3.05, 3.63) is 12.0 Å². The summed E-state index contributed by atoms with van der Waals surface area (Å²) in [5.74, 6) is -0.274. The molecule has 1 fully saturated rings. The highest BCUT2D eigenvalue weighted by molar-refractivity contribution is 7.81. The predicted octanol–water partition coefficient (Wildman–Crippen LogP) is -2.38. The van der Waals surface area contributed by atoms with E-state index in [1.54, 1.807) is 0 Å². The van der Waals surface area contributed by atoms with E-state index in [1.807, 2.05) is 0 Å². The predicted molar refractivity (Wildman–Crippen MR) is 106 cm³/mol. The zero-order valence-corrected chi connectivity index (χ0v) is 19.4. The monoisotopic (exact) mass is 557 g/mol. The van der Waals surface area contributed by atoms with E-state index in [0.29, 0.717) is 0 Å². The maximum Gasteiger partial charge on any atom is 0.490 e. The van der Waals surface area contributed by atoms with Gasteiger partial charge in [0.05, 0.1) is 12.9 Å². The summed E-state index contributed by atoms with van der Waals surface area (Å²) < 4.78 is 51.9. The van der Waals surface area contributed by atoms with Gasteiger partial charge in [-0.3, -0.25) is 9.09 Å². The number of imidazole rings is 1. The number of aromatic nitrogens is 2. The molecule has 23 heteroatoms. The molecule has 19 nitrogen and oxygen atoms in total. The van der Waals surface area contributed by atoms with Crippen molar-refractivity contribution in [1.29, 1.82) is 0 Å². The molecule has 0 saturated carbocycles. The number of nitrogens with two attached hydrogens (primary N) is 1. The lowest BCUT2D eigenvalue weighted by Gasteiger charge is -2.26. The Morgan fingerprint density at radius 1 is 1.18 bits per heavy atom. The average molecular weight is 557 g/mol. The number of thiol groups is 1. The van der Waals surface area contributed by atoms with E-state index in [0.717, 1.165) is 10.9 Å². The Balaban J connectivity index is 1.70. The standard InChI is InChI=1S/C10H18N5O14P3S/c11-9-13-7-6(10(18,33)14-9)12-2-15(7)8-5(17)4(16)3(27-8)1-26-31(22,23)29-32(24,25)28-30(19,20)21/h2-5,8,16-18,33H,1H2,(H,22,23)(H,24,25)(H3,11,13,14)(H2,19,20,21)/t3-,4-,5-,8-,10?/m1/s1. The number of ether oxygens (including phenoxy) is 1. The largest absolute Gasteiger partial charge is 0.490 e. The van der Waals surface area contributed by atoms with Crippen LogP contribution in [0.25, 0.3) is 0 Å². The van der Waals surface area contributed by atoms with Crippen molar-refractivity contribution >= 4 is 47.9 Å². The molecule has 1 aromatic heterocycles. The summed E-state index contributed by atoms with van der Waals surface area (Å²) >= 11 is 3.92. The van der Waals surface area contributed by atoms with Gasteiger partial charge in [-0.05, 0) is 0 Å². The molecule has 188 valence electrons. The fourth-order valence-electron chi connectivity index (χ4n) is 2.86. The molecule has 3 rings (SSSR count). The summed E-state index contributed by atoms with van der Waals surface area (Å²) in [6.07, 6.45) is -5.29. The van der Waals surface area contributed by atoms with E-state index in [1.165, 1.54) is 0 Å². The molecular weight excluding hydrogens is 539 g/mol. The first-order valence-electron chi connectivity index (χ1n) is 8.35. The summed E-state index contributed by atoms with van der Waals surface area (Å²) in [4.78, 5) is 43.2. The van der Waals surface area contributed by atoms with Crippen molar-refractivity contribution in [2.75, 3.05) is 11.9 Å². The van der Waals surface area contributed by atoms with Crippen molar-refractivity contribution in [1.82, 2.24) is 9.55 Å². The maximum absolute atomic E-state index is 11.8. The lowest BCUT2D eigenvalue weighted by Crippen LogP contribution is -2.36. The molecule has 3 heterocycles. The molecule has 1 aromatic rings. The van der Waals surface area contributed by atoms with Crippen LogP contribution in [0.4, 0.5) is 5.82 Å². The Labute approximate surface area is 188 Å². The SMILES string of the molecule is NC1=NC(O)(S)c2ncn([C@@H]3O[C@H](COP(=O)(O)OP(=O)(O)OP(=O)(O)O)[C@@H](O)[C@H]3O)c2N1. The van der Waals surface area contributed by atoms with Gasteiger partial charge in [0.25, 0.3) is 5.06 Å². The van der Waals surface area contributed by atoms with Gasteiger partial charge in [-0.25, -0.2) is 23.7 Å². The van der Waals surface area contributed by atoms with Crippen LogP contribution in [0.2, 0.25) is 0 Å². The van der Waals surface area contributed by atoms with E-state index in [2.05, 4.69) is 41.1 Å². The number of guanidine groups is 1. The Morgan fingerprint density at radius 2 is 1.82 bits per heavy atom.